The van der Waals surface area contributed by atoms with E-state index < -0.39 is 12.1 Å². The largest absolute Gasteiger partial charge is 0.494 e. The number of ether oxygens (including phenoxy) is 2. The molecule has 3 atom stereocenters. The Kier molecular flexibility index (Phi) is 13.3. The van der Waals surface area contributed by atoms with Crippen LogP contribution in [0.15, 0.2) is 60.8 Å². The molecule has 2 aliphatic heterocycles. The Balaban J connectivity index is 1.57. The Hall–Kier alpha value is -3.89. The zero-order valence-corrected chi connectivity index (χ0v) is 26.7. The van der Waals surface area contributed by atoms with Crippen molar-refractivity contribution in [3.8, 4) is 5.75 Å². The van der Waals surface area contributed by atoms with E-state index in [-0.39, 0.29) is 30.7 Å². The molecule has 0 radical (unpaired) electrons. The molecule has 2 aromatic carbocycles. The second-order valence-electron chi connectivity index (χ2n) is 12.0. The Morgan fingerprint density at radius 3 is 2.78 bits per heavy atom. The fraction of sp³-hybridized carbons (Fsp3) is 0.514. The Bertz CT molecular complexity index is 1290. The predicted molar refractivity (Wildman–Crippen MR) is 175 cm³/mol. The molecule has 1 fully saturated rings. The van der Waals surface area contributed by atoms with Gasteiger partial charge < -0.3 is 35.6 Å². The standard InChI is InChI=1S/C35H49N5O5/c1-25-11-13-30-20-29(25)22-37-35(43)31(14-12-27-8-5-4-6-9-27)38-26(2)32(39-33(41)24-44-19-16-36-3)21-34(42)40-17-7-10-28(23-40)15-18-45-30/h4-6,8-9,11,13,20,28,31-32,36,38H,2,7,10,12,14-19,21-24H2,1,3H3,(H,37,43)(H,39,41)/t28?,31-,32-/m0/s1. The molecule has 0 spiro atoms. The van der Waals surface area contributed by atoms with Crippen LogP contribution in [0.4, 0.5) is 0 Å². The average Bonchev–Trinajstić information content (AvgIpc) is 3.04. The van der Waals surface area contributed by atoms with Gasteiger partial charge in [0.15, 0.2) is 0 Å². The number of piperidine rings is 1. The fourth-order valence-corrected chi connectivity index (χ4v) is 5.79. The second kappa shape index (κ2) is 17.6. The van der Waals surface area contributed by atoms with Crippen LogP contribution in [0.5, 0.6) is 5.75 Å². The van der Waals surface area contributed by atoms with Gasteiger partial charge in [-0.15, -0.1) is 0 Å². The Morgan fingerprint density at radius 1 is 1.16 bits per heavy atom. The highest BCUT2D eigenvalue weighted by Crippen LogP contribution is 2.23. The lowest BCUT2D eigenvalue weighted by Gasteiger charge is -2.34. The number of likely N-dealkylation sites (N-methyl/N-ethyl adjacent to an activating group) is 1. The quantitative estimate of drug-likeness (QED) is 0.319. The first-order valence-corrected chi connectivity index (χ1v) is 16.1. The third-order valence-corrected chi connectivity index (χ3v) is 8.54. The van der Waals surface area contributed by atoms with Crippen LogP contribution in [0.25, 0.3) is 0 Å². The molecule has 2 aliphatic rings. The van der Waals surface area contributed by atoms with Gasteiger partial charge in [-0.1, -0.05) is 43.0 Å². The zero-order chi connectivity index (χ0) is 32.0. The van der Waals surface area contributed by atoms with Crippen molar-refractivity contribution in [3.63, 3.8) is 0 Å². The van der Waals surface area contributed by atoms with Gasteiger partial charge in [0, 0.05) is 31.9 Å². The van der Waals surface area contributed by atoms with Crippen LogP contribution in [-0.2, 0) is 32.1 Å². The molecule has 10 heteroatoms. The number of carbonyl (C=O) groups excluding carboxylic acids is 3. The number of hydrogen-bond donors (Lipinski definition) is 4. The summed E-state index contributed by atoms with van der Waals surface area (Å²) in [5.74, 6) is 0.519. The summed E-state index contributed by atoms with van der Waals surface area (Å²) in [6, 6.07) is 14.6. The van der Waals surface area contributed by atoms with Gasteiger partial charge in [-0.25, -0.2) is 0 Å². The molecular weight excluding hydrogens is 570 g/mol. The van der Waals surface area contributed by atoms with Crippen molar-refractivity contribution in [2.45, 2.75) is 64.1 Å². The maximum atomic E-state index is 13.7. The first-order chi connectivity index (χ1) is 21.8. The van der Waals surface area contributed by atoms with Gasteiger partial charge in [-0.3, -0.25) is 14.4 Å². The van der Waals surface area contributed by atoms with Crippen molar-refractivity contribution in [1.29, 1.82) is 0 Å². The number of carbonyl (C=O) groups is 3. The number of nitrogens with zero attached hydrogens (tertiary/aromatic N) is 1. The topological polar surface area (TPSA) is 121 Å². The van der Waals surface area contributed by atoms with E-state index in [1.807, 2.05) is 67.4 Å². The van der Waals surface area contributed by atoms with Crippen molar-refractivity contribution in [2.24, 2.45) is 5.92 Å². The minimum absolute atomic E-state index is 0.0358. The highest BCUT2D eigenvalue weighted by Gasteiger charge is 2.29. The maximum Gasteiger partial charge on any atom is 0.246 e. The van der Waals surface area contributed by atoms with E-state index in [2.05, 4.69) is 27.8 Å². The van der Waals surface area contributed by atoms with Crippen LogP contribution in [0, 0.1) is 12.8 Å². The van der Waals surface area contributed by atoms with Gasteiger partial charge in [0.1, 0.15) is 18.4 Å². The summed E-state index contributed by atoms with van der Waals surface area (Å²) >= 11 is 0. The number of rotatable bonds is 9. The number of aryl methyl sites for hydroxylation is 2. The molecule has 1 saturated heterocycles. The molecule has 45 heavy (non-hydrogen) atoms. The summed E-state index contributed by atoms with van der Waals surface area (Å²) in [6.07, 6.45) is 3.99. The molecule has 4 bridgehead atoms. The molecule has 0 aromatic heterocycles. The SMILES string of the molecule is C=C1N[C@@H](CCc2ccccc2)C(=O)NCc2cc(ccc2C)OCCC2CCCN(C2)C(=O)C[C@@H]1NC(=O)COCCNC. The summed E-state index contributed by atoms with van der Waals surface area (Å²) in [6.45, 7) is 9.34. The first kappa shape index (κ1) is 34.0. The lowest BCUT2D eigenvalue weighted by Crippen LogP contribution is -2.51. The molecule has 244 valence electrons. The van der Waals surface area contributed by atoms with E-state index in [4.69, 9.17) is 9.47 Å². The first-order valence-electron chi connectivity index (χ1n) is 16.1. The van der Waals surface area contributed by atoms with Gasteiger partial charge in [0.2, 0.25) is 17.7 Å². The molecule has 2 heterocycles. The van der Waals surface area contributed by atoms with E-state index in [0.717, 1.165) is 41.7 Å². The van der Waals surface area contributed by atoms with Crippen LogP contribution in [0.2, 0.25) is 0 Å². The van der Waals surface area contributed by atoms with Crippen molar-refractivity contribution < 1.29 is 23.9 Å². The smallest absolute Gasteiger partial charge is 0.246 e. The normalized spacial score (nSPS) is 21.5. The predicted octanol–water partition coefficient (Wildman–Crippen LogP) is 2.85. The summed E-state index contributed by atoms with van der Waals surface area (Å²) in [4.78, 5) is 42.1. The number of benzene rings is 2. The molecule has 0 aliphatic carbocycles. The second-order valence-corrected chi connectivity index (χ2v) is 12.0. The van der Waals surface area contributed by atoms with E-state index in [9.17, 15) is 14.4 Å². The van der Waals surface area contributed by atoms with Gasteiger partial charge in [0.05, 0.1) is 25.7 Å². The molecule has 10 nitrogen and oxygen atoms in total. The fourth-order valence-electron chi connectivity index (χ4n) is 5.79. The van der Waals surface area contributed by atoms with Crippen LogP contribution < -0.4 is 26.0 Å². The molecule has 1 unspecified atom stereocenters. The number of hydrogen-bond acceptors (Lipinski definition) is 7. The maximum absolute atomic E-state index is 13.7. The molecule has 3 amide bonds. The van der Waals surface area contributed by atoms with E-state index >= 15 is 0 Å². The van der Waals surface area contributed by atoms with Crippen LogP contribution in [0.3, 0.4) is 0 Å². The van der Waals surface area contributed by atoms with Gasteiger partial charge >= 0.3 is 0 Å². The monoisotopic (exact) mass is 619 g/mol. The van der Waals surface area contributed by atoms with Crippen LogP contribution >= 0.6 is 0 Å². The van der Waals surface area contributed by atoms with Crippen LogP contribution in [0.1, 0.15) is 48.8 Å². The van der Waals surface area contributed by atoms with Gasteiger partial charge in [-0.05, 0) is 80.8 Å². The Labute approximate surface area is 267 Å². The zero-order valence-electron chi connectivity index (χ0n) is 26.7. The average molecular weight is 620 g/mol. The Morgan fingerprint density at radius 2 is 1.98 bits per heavy atom. The lowest BCUT2D eigenvalue weighted by molar-refractivity contribution is -0.134. The van der Waals surface area contributed by atoms with Crippen molar-refractivity contribution in [3.05, 3.63) is 77.5 Å². The molecule has 4 N–H and O–H groups in total. The van der Waals surface area contributed by atoms with E-state index in [0.29, 0.717) is 63.8 Å². The van der Waals surface area contributed by atoms with E-state index in [1.54, 1.807) is 0 Å². The lowest BCUT2D eigenvalue weighted by atomic mass is 9.94. The number of fused-ring (bicyclic) bond motifs is 4. The summed E-state index contributed by atoms with van der Waals surface area (Å²) in [5.41, 5.74) is 3.58. The summed E-state index contributed by atoms with van der Waals surface area (Å²) < 4.78 is 11.6. The van der Waals surface area contributed by atoms with E-state index in [1.165, 1.54) is 0 Å². The molecule has 0 saturated carbocycles. The number of amides is 3. The third kappa shape index (κ3) is 10.9. The molecule has 4 rings (SSSR count). The van der Waals surface area contributed by atoms with Crippen LogP contribution in [-0.4, -0.2) is 81.2 Å². The highest BCUT2D eigenvalue weighted by atomic mass is 16.5. The number of nitrogens with one attached hydrogen (secondary N) is 4. The minimum Gasteiger partial charge on any atom is -0.494 e. The molecule has 2 aromatic rings. The minimum atomic E-state index is -0.716. The highest BCUT2D eigenvalue weighted by molar-refractivity contribution is 5.83. The third-order valence-electron chi connectivity index (χ3n) is 8.54. The summed E-state index contributed by atoms with van der Waals surface area (Å²) in [7, 11) is 1.81. The van der Waals surface area contributed by atoms with Crippen molar-refractivity contribution in [1.82, 2.24) is 26.2 Å². The van der Waals surface area contributed by atoms with Gasteiger partial charge in [0.25, 0.3) is 0 Å². The molecular formula is C35H49N5O5. The van der Waals surface area contributed by atoms with Crippen molar-refractivity contribution in [2.75, 3.05) is 46.5 Å². The summed E-state index contributed by atoms with van der Waals surface area (Å²) in [5, 5.41) is 12.3. The van der Waals surface area contributed by atoms with Gasteiger partial charge in [-0.2, -0.15) is 0 Å². The van der Waals surface area contributed by atoms with Crippen molar-refractivity contribution >= 4 is 17.7 Å².